The first-order chi connectivity index (χ1) is 15.5. The van der Waals surface area contributed by atoms with Crippen LogP contribution in [0.2, 0.25) is 0 Å². The summed E-state index contributed by atoms with van der Waals surface area (Å²) in [5.41, 5.74) is 1.23. The van der Waals surface area contributed by atoms with Crippen LogP contribution in [0.1, 0.15) is 12.8 Å². The van der Waals surface area contributed by atoms with Crippen LogP contribution in [0, 0.1) is 0 Å². The number of ether oxygens (including phenoxy) is 2. The number of carbonyl (C=O) groups excluding carboxylic acids is 1. The van der Waals surface area contributed by atoms with Crippen LogP contribution in [0.5, 0.6) is 11.5 Å². The Balaban J connectivity index is 1.39. The van der Waals surface area contributed by atoms with Crippen LogP contribution in [0.25, 0.3) is 0 Å². The zero-order valence-electron chi connectivity index (χ0n) is 18.2. The van der Waals surface area contributed by atoms with E-state index in [0.29, 0.717) is 22.8 Å². The van der Waals surface area contributed by atoms with Crippen molar-refractivity contribution in [1.82, 2.24) is 4.90 Å². The topological polar surface area (TPSA) is 79.3 Å². The minimum absolute atomic E-state index is 0.242. The van der Waals surface area contributed by atoms with E-state index in [9.17, 15) is 14.7 Å². The van der Waals surface area contributed by atoms with E-state index in [1.165, 1.54) is 5.69 Å². The number of carboxylic acid groups (broad SMARTS) is 1. The third kappa shape index (κ3) is 4.71. The molecule has 0 bridgehead atoms. The minimum Gasteiger partial charge on any atom is -0.497 e. The number of nitrogens with zero attached hydrogens (tertiary/aromatic N) is 2. The molecule has 1 saturated heterocycles. The van der Waals surface area contributed by atoms with Crippen molar-refractivity contribution >= 4 is 29.2 Å². The molecule has 0 aromatic heterocycles. The van der Waals surface area contributed by atoms with Crippen molar-refractivity contribution in [3.63, 3.8) is 0 Å². The maximum atomic E-state index is 12.9. The highest BCUT2D eigenvalue weighted by molar-refractivity contribution is 8.02. The highest BCUT2D eigenvalue weighted by Crippen LogP contribution is 2.45. The van der Waals surface area contributed by atoms with E-state index in [-0.39, 0.29) is 13.0 Å². The first kappa shape index (κ1) is 22.5. The third-order valence-electron chi connectivity index (χ3n) is 6.09. The molecule has 1 fully saturated rings. The van der Waals surface area contributed by atoms with Gasteiger partial charge in [0.15, 0.2) is 10.5 Å². The number of ketones is 1. The third-order valence-corrected chi connectivity index (χ3v) is 7.58. The Morgan fingerprint density at radius 1 is 1.16 bits per heavy atom. The van der Waals surface area contributed by atoms with Crippen LogP contribution in [-0.2, 0) is 9.59 Å². The second-order valence-corrected chi connectivity index (χ2v) is 9.37. The van der Waals surface area contributed by atoms with Crippen LogP contribution in [-0.4, -0.2) is 72.9 Å². The van der Waals surface area contributed by atoms with Crippen LogP contribution in [0.3, 0.4) is 0 Å². The lowest BCUT2D eigenvalue weighted by atomic mass is 9.97. The zero-order chi connectivity index (χ0) is 22.6. The molecule has 32 heavy (non-hydrogen) atoms. The van der Waals surface area contributed by atoms with Gasteiger partial charge in [-0.2, -0.15) is 0 Å². The smallest absolute Gasteiger partial charge is 0.327 e. The van der Waals surface area contributed by atoms with Crippen LogP contribution < -0.4 is 14.4 Å². The van der Waals surface area contributed by atoms with Gasteiger partial charge in [0.2, 0.25) is 0 Å². The van der Waals surface area contributed by atoms with E-state index in [1.54, 1.807) is 25.3 Å². The molecule has 0 aliphatic carbocycles. The molecule has 170 valence electrons. The summed E-state index contributed by atoms with van der Waals surface area (Å²) in [6.07, 6.45) is 0.875. The summed E-state index contributed by atoms with van der Waals surface area (Å²) in [7, 11) is 1.55. The summed E-state index contributed by atoms with van der Waals surface area (Å²) in [5, 5.41) is 10.1. The fourth-order valence-electron chi connectivity index (χ4n) is 4.20. The first-order valence-electron chi connectivity index (χ1n) is 10.8. The van der Waals surface area contributed by atoms with Crippen molar-refractivity contribution in [3.8, 4) is 11.5 Å². The number of fused-ring (bicyclic) bond motifs is 1. The van der Waals surface area contributed by atoms with Crippen molar-refractivity contribution in [1.29, 1.82) is 0 Å². The van der Waals surface area contributed by atoms with Gasteiger partial charge in [0.25, 0.3) is 0 Å². The number of piperazine rings is 1. The quantitative estimate of drug-likeness (QED) is 0.637. The Hall–Kier alpha value is -2.71. The molecule has 8 heteroatoms. The van der Waals surface area contributed by atoms with Crippen LogP contribution >= 0.6 is 11.8 Å². The maximum absolute atomic E-state index is 12.9. The normalized spacial score (nSPS) is 21.4. The number of hydrogen-bond acceptors (Lipinski definition) is 7. The molecule has 0 radical (unpaired) electrons. The molecule has 2 aliphatic heterocycles. The van der Waals surface area contributed by atoms with Crippen LogP contribution in [0.15, 0.2) is 53.4 Å². The van der Waals surface area contributed by atoms with E-state index in [0.717, 1.165) is 44.5 Å². The average Bonchev–Trinajstić information content (AvgIpc) is 2.96. The standard InChI is InChI=1S/C24H28N2O5S/c1-30-19-8-9-20-21(16-19)32-24(23(28)29,22(27)17-31-20)10-5-11-25-12-14-26(15-13-25)18-6-3-2-4-7-18/h2-4,6-9,16H,5,10-15,17H2,1H3,(H,28,29). The summed E-state index contributed by atoms with van der Waals surface area (Å²) >= 11 is 1.07. The number of thioether (sulfide) groups is 1. The second kappa shape index (κ2) is 9.83. The number of Topliss-reactive ketones (excluding diaryl/α,β-unsaturated/α-hetero) is 1. The predicted molar refractivity (Wildman–Crippen MR) is 124 cm³/mol. The fourth-order valence-corrected chi connectivity index (χ4v) is 5.48. The summed E-state index contributed by atoms with van der Waals surface area (Å²) in [5.74, 6) is -0.395. The largest absolute Gasteiger partial charge is 0.497 e. The Bertz CT molecular complexity index is 962. The lowest BCUT2D eigenvalue weighted by Crippen LogP contribution is -2.48. The molecule has 1 atom stereocenters. The summed E-state index contributed by atoms with van der Waals surface area (Å²) in [6, 6.07) is 15.6. The molecule has 0 amide bonds. The van der Waals surface area contributed by atoms with Gasteiger partial charge >= 0.3 is 5.97 Å². The van der Waals surface area contributed by atoms with Crippen LogP contribution in [0.4, 0.5) is 5.69 Å². The van der Waals surface area contributed by atoms with Gasteiger partial charge in [-0.05, 0) is 49.7 Å². The number of benzene rings is 2. The number of anilines is 1. The predicted octanol–water partition coefficient (Wildman–Crippen LogP) is 3.17. The number of hydrogen-bond donors (Lipinski definition) is 1. The molecule has 0 saturated carbocycles. The van der Waals surface area contributed by atoms with E-state index in [1.807, 2.05) is 18.2 Å². The molecule has 2 aromatic rings. The summed E-state index contributed by atoms with van der Waals surface area (Å²) in [6.45, 7) is 4.22. The molecular weight excluding hydrogens is 428 g/mol. The van der Waals surface area contributed by atoms with E-state index < -0.39 is 16.5 Å². The lowest BCUT2D eigenvalue weighted by molar-refractivity contribution is -0.144. The molecule has 1 unspecified atom stereocenters. The maximum Gasteiger partial charge on any atom is 0.327 e. The summed E-state index contributed by atoms with van der Waals surface area (Å²) in [4.78, 5) is 30.6. The monoisotopic (exact) mass is 456 g/mol. The molecule has 2 aromatic carbocycles. The van der Waals surface area contributed by atoms with Crippen molar-refractivity contribution in [2.24, 2.45) is 0 Å². The zero-order valence-corrected chi connectivity index (χ0v) is 19.0. The van der Waals surface area contributed by atoms with Gasteiger partial charge in [-0.25, -0.2) is 0 Å². The van der Waals surface area contributed by atoms with E-state index >= 15 is 0 Å². The first-order valence-corrected chi connectivity index (χ1v) is 11.6. The summed E-state index contributed by atoms with van der Waals surface area (Å²) < 4.78 is 9.32. The SMILES string of the molecule is COc1ccc2c(c1)SC(CCCN1CCN(c3ccccc3)CC1)(C(=O)O)C(=O)CO2. The number of rotatable bonds is 7. The van der Waals surface area contributed by atoms with E-state index in [4.69, 9.17) is 9.47 Å². The second-order valence-electron chi connectivity index (χ2n) is 8.03. The number of carboxylic acids is 1. The van der Waals surface area contributed by atoms with Crippen molar-refractivity contribution in [3.05, 3.63) is 48.5 Å². The Kier molecular flexibility index (Phi) is 6.91. The van der Waals surface area contributed by atoms with E-state index in [2.05, 4.69) is 21.9 Å². The number of carbonyl (C=O) groups is 2. The highest BCUT2D eigenvalue weighted by Gasteiger charge is 2.48. The van der Waals surface area contributed by atoms with Crippen molar-refractivity contribution in [2.45, 2.75) is 22.5 Å². The molecular formula is C24H28N2O5S. The number of aliphatic carboxylic acids is 1. The number of para-hydroxylation sites is 1. The van der Waals surface area contributed by atoms with Gasteiger partial charge in [-0.15, -0.1) is 0 Å². The Morgan fingerprint density at radius 2 is 1.91 bits per heavy atom. The van der Waals surface area contributed by atoms with Gasteiger partial charge in [0.05, 0.1) is 12.0 Å². The molecule has 4 rings (SSSR count). The molecule has 7 nitrogen and oxygen atoms in total. The van der Waals surface area contributed by atoms with Gasteiger partial charge in [0, 0.05) is 31.9 Å². The fraction of sp³-hybridized carbons (Fsp3) is 0.417. The molecule has 2 aliphatic rings. The minimum atomic E-state index is -1.55. The average molecular weight is 457 g/mol. The van der Waals surface area contributed by atoms with Crippen molar-refractivity contribution < 1.29 is 24.2 Å². The molecule has 0 spiro atoms. The Morgan fingerprint density at radius 3 is 2.59 bits per heavy atom. The van der Waals surface area contributed by atoms with Gasteiger partial charge in [-0.3, -0.25) is 14.5 Å². The van der Waals surface area contributed by atoms with Gasteiger partial charge in [0.1, 0.15) is 18.1 Å². The van der Waals surface area contributed by atoms with Crippen molar-refractivity contribution in [2.75, 3.05) is 51.3 Å². The molecule has 2 heterocycles. The highest BCUT2D eigenvalue weighted by atomic mass is 32.2. The molecule has 1 N–H and O–H groups in total. The lowest BCUT2D eigenvalue weighted by Gasteiger charge is -2.36. The van der Waals surface area contributed by atoms with Gasteiger partial charge < -0.3 is 19.5 Å². The Labute approximate surface area is 192 Å². The van der Waals surface area contributed by atoms with Gasteiger partial charge in [-0.1, -0.05) is 30.0 Å². The number of methoxy groups -OCH3 is 1.